The van der Waals surface area contributed by atoms with E-state index >= 15 is 0 Å². The third kappa shape index (κ3) is 1.95. The fourth-order valence-corrected chi connectivity index (χ4v) is 4.47. The van der Waals surface area contributed by atoms with Crippen molar-refractivity contribution >= 4 is 5.91 Å². The monoisotopic (exact) mass is 301 g/mol. The molecule has 2 bridgehead atoms. The number of hydrogen-bond acceptors (Lipinski definition) is 2. The van der Waals surface area contributed by atoms with E-state index in [1.165, 1.54) is 11.1 Å². The SMILES string of the molecule is CO[C@@H](C)C(=O)N1CC[C@@]2(C)c3ccccc3C[C@@H]1C2(C)C. The Hall–Kier alpha value is -1.35. The minimum atomic E-state index is -0.364. The van der Waals surface area contributed by atoms with Crippen LogP contribution in [0.3, 0.4) is 0 Å². The summed E-state index contributed by atoms with van der Waals surface area (Å²) in [6, 6.07) is 9.00. The minimum absolute atomic E-state index is 0.0583. The predicted octanol–water partition coefficient (Wildman–Crippen LogP) is 3.16. The van der Waals surface area contributed by atoms with Crippen molar-refractivity contribution in [3.63, 3.8) is 0 Å². The normalized spacial score (nSPS) is 30.6. The van der Waals surface area contributed by atoms with Crippen LogP contribution in [-0.2, 0) is 21.4 Å². The number of nitrogens with zero attached hydrogens (tertiary/aromatic N) is 1. The van der Waals surface area contributed by atoms with Gasteiger partial charge in [0.1, 0.15) is 6.10 Å². The highest BCUT2D eigenvalue weighted by Gasteiger charge is 2.56. The number of hydrogen-bond donors (Lipinski definition) is 0. The van der Waals surface area contributed by atoms with E-state index in [0.29, 0.717) is 0 Å². The lowest BCUT2D eigenvalue weighted by molar-refractivity contribution is -0.153. The third-order valence-electron chi connectivity index (χ3n) is 6.49. The van der Waals surface area contributed by atoms with E-state index < -0.39 is 0 Å². The van der Waals surface area contributed by atoms with Crippen LogP contribution in [0.15, 0.2) is 24.3 Å². The molecule has 120 valence electrons. The quantitative estimate of drug-likeness (QED) is 0.840. The second kappa shape index (κ2) is 5.09. The van der Waals surface area contributed by atoms with Gasteiger partial charge in [0.05, 0.1) is 0 Å². The molecule has 1 aliphatic carbocycles. The number of fused-ring (bicyclic) bond motifs is 4. The van der Waals surface area contributed by atoms with Crippen LogP contribution in [-0.4, -0.2) is 36.6 Å². The Bertz CT molecular complexity index is 595. The molecule has 0 radical (unpaired) electrons. The molecule has 1 aliphatic heterocycles. The van der Waals surface area contributed by atoms with Crippen LogP contribution in [0.25, 0.3) is 0 Å². The van der Waals surface area contributed by atoms with Crippen LogP contribution in [0.1, 0.15) is 45.2 Å². The molecule has 1 aromatic rings. The second-order valence-electron chi connectivity index (χ2n) is 7.59. The first-order valence-corrected chi connectivity index (χ1v) is 8.24. The summed E-state index contributed by atoms with van der Waals surface area (Å²) in [6.45, 7) is 9.69. The van der Waals surface area contributed by atoms with Crippen molar-refractivity contribution in [3.8, 4) is 0 Å². The maximum absolute atomic E-state index is 12.7. The van der Waals surface area contributed by atoms with E-state index in [9.17, 15) is 4.79 Å². The number of piperidine rings is 1. The summed E-state index contributed by atoms with van der Waals surface area (Å²) in [5, 5.41) is 0. The molecule has 1 aromatic carbocycles. The molecule has 0 N–H and O–H groups in total. The van der Waals surface area contributed by atoms with Crippen molar-refractivity contribution in [1.82, 2.24) is 4.90 Å². The Morgan fingerprint density at radius 3 is 2.68 bits per heavy atom. The van der Waals surface area contributed by atoms with E-state index in [1.54, 1.807) is 7.11 Å². The largest absolute Gasteiger partial charge is 0.372 e. The molecule has 1 saturated heterocycles. The molecular formula is C19H27NO2. The van der Waals surface area contributed by atoms with Gasteiger partial charge in [-0.05, 0) is 36.3 Å². The summed E-state index contributed by atoms with van der Waals surface area (Å²) in [4.78, 5) is 14.8. The summed E-state index contributed by atoms with van der Waals surface area (Å²) in [5.41, 5.74) is 3.06. The van der Waals surface area contributed by atoms with Crippen molar-refractivity contribution in [1.29, 1.82) is 0 Å². The van der Waals surface area contributed by atoms with Crippen molar-refractivity contribution in [2.75, 3.05) is 13.7 Å². The molecule has 0 unspecified atom stereocenters. The number of amides is 1. The smallest absolute Gasteiger partial charge is 0.251 e. The highest BCUT2D eigenvalue weighted by Crippen LogP contribution is 2.55. The van der Waals surface area contributed by atoms with Crippen molar-refractivity contribution in [3.05, 3.63) is 35.4 Å². The number of carbonyl (C=O) groups is 1. The number of likely N-dealkylation sites (tertiary alicyclic amines) is 1. The Morgan fingerprint density at radius 1 is 1.32 bits per heavy atom. The van der Waals surface area contributed by atoms with Gasteiger partial charge >= 0.3 is 0 Å². The maximum Gasteiger partial charge on any atom is 0.251 e. The first kappa shape index (κ1) is 15.5. The minimum Gasteiger partial charge on any atom is -0.372 e. The summed E-state index contributed by atoms with van der Waals surface area (Å²) < 4.78 is 5.27. The Morgan fingerprint density at radius 2 is 2.00 bits per heavy atom. The molecule has 1 amide bonds. The molecule has 1 fully saturated rings. The van der Waals surface area contributed by atoms with E-state index in [1.807, 2.05) is 6.92 Å². The molecule has 22 heavy (non-hydrogen) atoms. The number of benzene rings is 1. The third-order valence-corrected chi connectivity index (χ3v) is 6.49. The van der Waals surface area contributed by atoms with Gasteiger partial charge in [-0.2, -0.15) is 0 Å². The molecule has 3 rings (SSSR count). The molecule has 2 aliphatic rings. The van der Waals surface area contributed by atoms with Crippen LogP contribution in [0.5, 0.6) is 0 Å². The fourth-order valence-electron chi connectivity index (χ4n) is 4.47. The van der Waals surface area contributed by atoms with Crippen LogP contribution < -0.4 is 0 Å². The molecule has 3 nitrogen and oxygen atoms in total. The number of rotatable bonds is 2. The highest BCUT2D eigenvalue weighted by molar-refractivity contribution is 5.81. The molecule has 1 heterocycles. The molecular weight excluding hydrogens is 274 g/mol. The average Bonchev–Trinajstić information content (AvgIpc) is 2.49. The Kier molecular flexibility index (Phi) is 3.59. The van der Waals surface area contributed by atoms with Gasteiger partial charge in [-0.15, -0.1) is 0 Å². The Labute approximate surface area is 133 Å². The lowest BCUT2D eigenvalue weighted by atomic mass is 9.51. The van der Waals surface area contributed by atoms with Gasteiger partial charge in [-0.1, -0.05) is 45.0 Å². The molecule has 0 saturated carbocycles. The van der Waals surface area contributed by atoms with Crippen molar-refractivity contribution in [2.24, 2.45) is 5.41 Å². The summed E-state index contributed by atoms with van der Waals surface area (Å²) in [5.74, 6) is 0.127. The van der Waals surface area contributed by atoms with Crippen LogP contribution >= 0.6 is 0 Å². The van der Waals surface area contributed by atoms with Crippen LogP contribution in [0.2, 0.25) is 0 Å². The topological polar surface area (TPSA) is 29.5 Å². The zero-order valence-electron chi connectivity index (χ0n) is 14.3. The molecule has 3 heteroatoms. The zero-order chi connectivity index (χ0) is 16.1. The molecule has 0 aromatic heterocycles. The van der Waals surface area contributed by atoms with Crippen molar-refractivity contribution < 1.29 is 9.53 Å². The number of ether oxygens (including phenoxy) is 1. The van der Waals surface area contributed by atoms with Crippen LogP contribution in [0, 0.1) is 5.41 Å². The first-order chi connectivity index (χ1) is 10.3. The van der Waals surface area contributed by atoms with E-state index in [4.69, 9.17) is 4.74 Å². The summed E-state index contributed by atoms with van der Waals surface area (Å²) in [6.07, 6.45) is 1.59. The van der Waals surface area contributed by atoms with E-state index in [0.717, 1.165) is 19.4 Å². The second-order valence-corrected chi connectivity index (χ2v) is 7.59. The summed E-state index contributed by atoms with van der Waals surface area (Å²) in [7, 11) is 1.61. The van der Waals surface area contributed by atoms with E-state index in [-0.39, 0.29) is 28.9 Å². The van der Waals surface area contributed by atoms with Gasteiger partial charge in [0, 0.05) is 25.1 Å². The zero-order valence-corrected chi connectivity index (χ0v) is 14.3. The predicted molar refractivity (Wildman–Crippen MR) is 87.9 cm³/mol. The number of methoxy groups -OCH3 is 1. The standard InChI is InChI=1S/C19H27NO2/c1-13(22-5)17(21)20-11-10-19(4)15-9-7-6-8-14(15)12-16(20)18(19,2)3/h6-9,13,16H,10-12H2,1-5H3/t13-,16+,19-/m0/s1. The van der Waals surface area contributed by atoms with Gasteiger partial charge in [0.15, 0.2) is 0 Å². The van der Waals surface area contributed by atoms with Gasteiger partial charge in [0.2, 0.25) is 0 Å². The number of carbonyl (C=O) groups excluding carboxylic acids is 1. The van der Waals surface area contributed by atoms with Gasteiger partial charge in [0.25, 0.3) is 5.91 Å². The van der Waals surface area contributed by atoms with Gasteiger partial charge in [-0.25, -0.2) is 0 Å². The van der Waals surface area contributed by atoms with Gasteiger partial charge < -0.3 is 9.64 Å². The van der Waals surface area contributed by atoms with Crippen molar-refractivity contribution in [2.45, 2.75) is 58.1 Å². The molecule has 0 spiro atoms. The maximum atomic E-state index is 12.7. The van der Waals surface area contributed by atoms with Gasteiger partial charge in [-0.3, -0.25) is 4.79 Å². The lowest BCUT2D eigenvalue weighted by Gasteiger charge is -2.61. The highest BCUT2D eigenvalue weighted by atomic mass is 16.5. The summed E-state index contributed by atoms with van der Waals surface area (Å²) >= 11 is 0. The molecule has 3 atom stereocenters. The Balaban J connectivity index is 2.05. The fraction of sp³-hybridized carbons (Fsp3) is 0.632. The van der Waals surface area contributed by atoms with Crippen LogP contribution in [0.4, 0.5) is 0 Å². The average molecular weight is 301 g/mol. The lowest BCUT2D eigenvalue weighted by Crippen LogP contribution is -2.65. The van der Waals surface area contributed by atoms with E-state index in [2.05, 4.69) is 49.9 Å². The first-order valence-electron chi connectivity index (χ1n) is 8.24.